The molecule has 0 unspecified atom stereocenters. The van der Waals surface area contributed by atoms with Crippen LogP contribution in [0.15, 0.2) is 34.6 Å². The first-order chi connectivity index (χ1) is 14.7. The van der Waals surface area contributed by atoms with Gasteiger partial charge in [0.1, 0.15) is 5.60 Å². The lowest BCUT2D eigenvalue weighted by Crippen LogP contribution is -2.38. The zero-order valence-corrected chi connectivity index (χ0v) is 20.1. The lowest BCUT2D eigenvalue weighted by atomic mass is 10.1. The molecular formula is C23H35N5O2S. The van der Waals surface area contributed by atoms with Gasteiger partial charge in [0.15, 0.2) is 5.96 Å². The molecule has 1 heterocycles. The van der Waals surface area contributed by atoms with Crippen LogP contribution in [-0.4, -0.2) is 42.8 Å². The number of carbonyl (C=O) groups is 1. The van der Waals surface area contributed by atoms with Crippen molar-refractivity contribution < 1.29 is 9.53 Å². The van der Waals surface area contributed by atoms with Crippen LogP contribution in [-0.2, 0) is 17.6 Å². The molecule has 0 spiro atoms. The van der Waals surface area contributed by atoms with Crippen molar-refractivity contribution >= 4 is 29.1 Å². The summed E-state index contributed by atoms with van der Waals surface area (Å²) in [5, 5.41) is 12.8. The van der Waals surface area contributed by atoms with Crippen LogP contribution in [0, 0.1) is 6.92 Å². The highest BCUT2D eigenvalue weighted by atomic mass is 32.1. The van der Waals surface area contributed by atoms with E-state index in [-0.39, 0.29) is 0 Å². The van der Waals surface area contributed by atoms with Gasteiger partial charge in [0, 0.05) is 36.9 Å². The van der Waals surface area contributed by atoms with E-state index in [0.717, 1.165) is 56.1 Å². The molecule has 1 aromatic heterocycles. The minimum Gasteiger partial charge on any atom is -0.444 e. The highest BCUT2D eigenvalue weighted by molar-refractivity contribution is 7.09. The molecule has 0 saturated heterocycles. The number of nitrogens with one attached hydrogen (secondary N) is 3. The van der Waals surface area contributed by atoms with Crippen molar-refractivity contribution in [2.24, 2.45) is 4.99 Å². The predicted octanol–water partition coefficient (Wildman–Crippen LogP) is 4.53. The molecule has 0 fully saturated rings. The Morgan fingerprint density at radius 1 is 1.10 bits per heavy atom. The zero-order valence-electron chi connectivity index (χ0n) is 19.2. The minimum atomic E-state index is -0.511. The lowest BCUT2D eigenvalue weighted by molar-refractivity contribution is 0.0636. The molecule has 0 bridgehead atoms. The summed E-state index contributed by atoms with van der Waals surface area (Å²) in [5.74, 6) is 0.813. The first-order valence-corrected chi connectivity index (χ1v) is 11.6. The van der Waals surface area contributed by atoms with Crippen molar-refractivity contribution in [3.05, 3.63) is 45.9 Å². The van der Waals surface area contributed by atoms with Crippen LogP contribution in [0.2, 0.25) is 0 Å². The molecule has 0 aliphatic rings. The molecule has 2 aromatic rings. The van der Waals surface area contributed by atoms with Gasteiger partial charge >= 0.3 is 6.09 Å². The van der Waals surface area contributed by atoms with E-state index in [9.17, 15) is 4.79 Å². The number of amides is 1. The van der Waals surface area contributed by atoms with E-state index in [1.807, 2.05) is 52.0 Å². The smallest absolute Gasteiger partial charge is 0.412 e. The quantitative estimate of drug-likeness (QED) is 0.300. The van der Waals surface area contributed by atoms with Gasteiger partial charge in [0.2, 0.25) is 0 Å². The van der Waals surface area contributed by atoms with Gasteiger partial charge in [-0.15, -0.1) is 11.3 Å². The van der Waals surface area contributed by atoms with Crippen molar-refractivity contribution in [1.82, 2.24) is 15.6 Å². The third kappa shape index (κ3) is 10.3. The second-order valence-electron chi connectivity index (χ2n) is 8.34. The molecule has 0 aliphatic heterocycles. The van der Waals surface area contributed by atoms with Crippen LogP contribution in [0.5, 0.6) is 0 Å². The SMILES string of the molecule is CN=C(NCCCCc1nc(C)cs1)NCCc1ccc(NC(=O)OC(C)(C)C)cc1. The van der Waals surface area contributed by atoms with Gasteiger partial charge in [0.25, 0.3) is 0 Å². The second kappa shape index (κ2) is 12.3. The van der Waals surface area contributed by atoms with E-state index in [1.165, 1.54) is 10.6 Å². The molecule has 1 aromatic carbocycles. The fourth-order valence-corrected chi connectivity index (χ4v) is 3.67. The van der Waals surface area contributed by atoms with E-state index in [0.29, 0.717) is 0 Å². The Bertz CT molecular complexity index is 840. The normalized spacial score (nSPS) is 11.8. The molecule has 0 atom stereocenters. The topological polar surface area (TPSA) is 87.6 Å². The predicted molar refractivity (Wildman–Crippen MR) is 129 cm³/mol. The number of hydrogen-bond acceptors (Lipinski definition) is 5. The van der Waals surface area contributed by atoms with Crippen LogP contribution >= 0.6 is 11.3 Å². The van der Waals surface area contributed by atoms with Gasteiger partial charge in [-0.05, 0) is 71.1 Å². The van der Waals surface area contributed by atoms with Gasteiger partial charge in [-0.1, -0.05) is 12.1 Å². The summed E-state index contributed by atoms with van der Waals surface area (Å²) in [6, 6.07) is 7.78. The standard InChI is InChI=1S/C23H35N5O2S/c1-17-16-31-20(27-17)8-6-7-14-25-21(24-5)26-15-13-18-9-11-19(12-10-18)28-22(29)30-23(2,3)4/h9-12,16H,6-8,13-15H2,1-5H3,(H,28,29)(H2,24,25,26). The fraction of sp³-hybridized carbons (Fsp3) is 0.522. The van der Waals surface area contributed by atoms with Crippen molar-refractivity contribution in [2.75, 3.05) is 25.5 Å². The largest absolute Gasteiger partial charge is 0.444 e. The third-order valence-electron chi connectivity index (χ3n) is 4.31. The van der Waals surface area contributed by atoms with Gasteiger partial charge < -0.3 is 15.4 Å². The average molecular weight is 446 g/mol. The highest BCUT2D eigenvalue weighted by Gasteiger charge is 2.16. The maximum atomic E-state index is 11.8. The number of anilines is 1. The Balaban J connectivity index is 1.62. The number of rotatable bonds is 9. The number of aryl methyl sites for hydroxylation is 2. The molecule has 0 aliphatic carbocycles. The zero-order chi connectivity index (χ0) is 22.7. The number of aliphatic imine (C=N–C) groups is 1. The van der Waals surface area contributed by atoms with Gasteiger partial charge in [-0.3, -0.25) is 10.3 Å². The summed E-state index contributed by atoms with van der Waals surface area (Å²) in [7, 11) is 1.78. The number of aromatic nitrogens is 1. The van der Waals surface area contributed by atoms with Crippen LogP contribution in [0.4, 0.5) is 10.5 Å². The summed E-state index contributed by atoms with van der Waals surface area (Å²) < 4.78 is 5.26. The number of benzene rings is 1. The summed E-state index contributed by atoms with van der Waals surface area (Å²) in [4.78, 5) is 20.6. The summed E-state index contributed by atoms with van der Waals surface area (Å²) in [6.07, 6.45) is 3.63. The molecule has 0 radical (unpaired) electrons. The third-order valence-corrected chi connectivity index (χ3v) is 5.33. The van der Waals surface area contributed by atoms with Crippen molar-refractivity contribution in [2.45, 2.75) is 59.0 Å². The lowest BCUT2D eigenvalue weighted by Gasteiger charge is -2.19. The monoisotopic (exact) mass is 445 g/mol. The number of carbonyl (C=O) groups excluding carboxylic acids is 1. The Hall–Kier alpha value is -2.61. The van der Waals surface area contributed by atoms with E-state index >= 15 is 0 Å². The van der Waals surface area contributed by atoms with Crippen LogP contribution < -0.4 is 16.0 Å². The Labute approximate surface area is 189 Å². The van der Waals surface area contributed by atoms with Crippen LogP contribution in [0.25, 0.3) is 0 Å². The Morgan fingerprint density at radius 2 is 1.81 bits per heavy atom. The van der Waals surface area contributed by atoms with E-state index < -0.39 is 11.7 Å². The molecule has 1 amide bonds. The van der Waals surface area contributed by atoms with Gasteiger partial charge in [-0.25, -0.2) is 9.78 Å². The second-order valence-corrected chi connectivity index (χ2v) is 9.28. The molecule has 3 N–H and O–H groups in total. The number of hydrogen-bond donors (Lipinski definition) is 3. The van der Waals surface area contributed by atoms with Gasteiger partial charge in [-0.2, -0.15) is 0 Å². The molecule has 31 heavy (non-hydrogen) atoms. The molecular weight excluding hydrogens is 410 g/mol. The molecule has 170 valence electrons. The van der Waals surface area contributed by atoms with Crippen LogP contribution in [0.1, 0.15) is 49.9 Å². The number of unbranched alkanes of at least 4 members (excludes halogenated alkanes) is 1. The van der Waals surface area contributed by atoms with Crippen molar-refractivity contribution in [3.63, 3.8) is 0 Å². The summed E-state index contributed by atoms with van der Waals surface area (Å²) in [6.45, 7) is 9.22. The fourth-order valence-electron chi connectivity index (χ4n) is 2.85. The maximum absolute atomic E-state index is 11.8. The number of nitrogens with zero attached hydrogens (tertiary/aromatic N) is 2. The number of guanidine groups is 1. The maximum Gasteiger partial charge on any atom is 0.412 e. The van der Waals surface area contributed by atoms with Crippen LogP contribution in [0.3, 0.4) is 0 Å². The Morgan fingerprint density at radius 3 is 2.42 bits per heavy atom. The molecule has 0 saturated carbocycles. The van der Waals surface area contributed by atoms with Crippen molar-refractivity contribution in [1.29, 1.82) is 0 Å². The number of thiazole rings is 1. The van der Waals surface area contributed by atoms with Gasteiger partial charge in [0.05, 0.1) is 5.01 Å². The molecule has 2 rings (SSSR count). The summed E-state index contributed by atoms with van der Waals surface area (Å²) >= 11 is 1.74. The first kappa shape index (κ1) is 24.7. The summed E-state index contributed by atoms with van der Waals surface area (Å²) in [5.41, 5.74) is 2.49. The molecule has 8 heteroatoms. The number of ether oxygens (including phenoxy) is 1. The van der Waals surface area contributed by atoms with E-state index in [4.69, 9.17) is 4.74 Å². The average Bonchev–Trinajstić information content (AvgIpc) is 3.11. The highest BCUT2D eigenvalue weighted by Crippen LogP contribution is 2.13. The molecule has 7 nitrogen and oxygen atoms in total. The minimum absolute atomic E-state index is 0.446. The van der Waals surface area contributed by atoms with E-state index in [1.54, 1.807) is 18.4 Å². The first-order valence-electron chi connectivity index (χ1n) is 10.7. The van der Waals surface area contributed by atoms with E-state index in [2.05, 4.69) is 31.3 Å². The van der Waals surface area contributed by atoms with Crippen molar-refractivity contribution in [3.8, 4) is 0 Å². The Kier molecular flexibility index (Phi) is 9.78.